The molecule has 1 heterocycles. The highest BCUT2D eigenvalue weighted by molar-refractivity contribution is 6.35. The van der Waals surface area contributed by atoms with E-state index in [-0.39, 0.29) is 17.9 Å². The molecule has 1 atom stereocenters. The van der Waals surface area contributed by atoms with Crippen LogP contribution in [0, 0.1) is 5.92 Å². The number of hydrogen-bond donors (Lipinski definition) is 1. The van der Waals surface area contributed by atoms with Crippen molar-refractivity contribution in [3.63, 3.8) is 0 Å². The summed E-state index contributed by atoms with van der Waals surface area (Å²) in [6.07, 6.45) is 1.51. The van der Waals surface area contributed by atoms with Crippen molar-refractivity contribution in [2.45, 2.75) is 19.8 Å². The van der Waals surface area contributed by atoms with Gasteiger partial charge in [0.15, 0.2) is 0 Å². The third-order valence-electron chi connectivity index (χ3n) is 3.44. The maximum Gasteiger partial charge on any atom is 0.321 e. The maximum atomic E-state index is 12.3. The SMILES string of the molecule is CCOC(=O)[C@H]1CCCN(C(=O)Nc2cc(Cl)cc(Cl)c2)C1. The Hall–Kier alpha value is -1.46. The Morgan fingerprint density at radius 1 is 1.32 bits per heavy atom. The van der Waals surface area contributed by atoms with Gasteiger partial charge >= 0.3 is 12.0 Å². The lowest BCUT2D eigenvalue weighted by Crippen LogP contribution is -2.44. The van der Waals surface area contributed by atoms with Crippen molar-refractivity contribution in [2.24, 2.45) is 5.92 Å². The minimum Gasteiger partial charge on any atom is -0.466 e. The van der Waals surface area contributed by atoms with E-state index < -0.39 is 0 Å². The van der Waals surface area contributed by atoms with E-state index in [1.165, 1.54) is 0 Å². The molecular formula is C15H18Cl2N2O3. The van der Waals surface area contributed by atoms with E-state index in [4.69, 9.17) is 27.9 Å². The Bertz CT molecular complexity index is 545. The van der Waals surface area contributed by atoms with Crippen molar-refractivity contribution < 1.29 is 14.3 Å². The van der Waals surface area contributed by atoms with Crippen molar-refractivity contribution >= 4 is 40.9 Å². The molecule has 0 spiro atoms. The number of nitrogens with one attached hydrogen (secondary N) is 1. The summed E-state index contributed by atoms with van der Waals surface area (Å²) in [5.41, 5.74) is 0.528. The molecule has 2 amide bonds. The van der Waals surface area contributed by atoms with Gasteiger partial charge in [0.1, 0.15) is 0 Å². The van der Waals surface area contributed by atoms with E-state index in [0.717, 1.165) is 12.8 Å². The zero-order valence-electron chi connectivity index (χ0n) is 12.3. The van der Waals surface area contributed by atoms with Crippen LogP contribution in [-0.4, -0.2) is 36.6 Å². The number of benzene rings is 1. The summed E-state index contributed by atoms with van der Waals surface area (Å²) in [5.74, 6) is -0.506. The minimum absolute atomic E-state index is 0.245. The fourth-order valence-corrected chi connectivity index (χ4v) is 2.97. The van der Waals surface area contributed by atoms with Crippen LogP contribution < -0.4 is 5.32 Å². The van der Waals surface area contributed by atoms with Gasteiger partial charge in [-0.2, -0.15) is 0 Å². The fraction of sp³-hybridized carbons (Fsp3) is 0.467. The number of halogens is 2. The van der Waals surface area contributed by atoms with Gasteiger partial charge in [-0.1, -0.05) is 23.2 Å². The van der Waals surface area contributed by atoms with Gasteiger partial charge in [-0.25, -0.2) is 4.79 Å². The Balaban J connectivity index is 1.98. The van der Waals surface area contributed by atoms with E-state index in [1.807, 2.05) is 0 Å². The van der Waals surface area contributed by atoms with Crippen molar-refractivity contribution in [3.8, 4) is 0 Å². The second kappa shape index (κ2) is 7.70. The second-order valence-electron chi connectivity index (χ2n) is 5.13. The van der Waals surface area contributed by atoms with Crippen LogP contribution in [0.5, 0.6) is 0 Å². The monoisotopic (exact) mass is 344 g/mol. The van der Waals surface area contributed by atoms with E-state index in [1.54, 1.807) is 30.0 Å². The summed E-state index contributed by atoms with van der Waals surface area (Å²) in [4.78, 5) is 25.7. The molecule has 1 aromatic carbocycles. The molecule has 1 N–H and O–H groups in total. The number of urea groups is 1. The van der Waals surface area contributed by atoms with Crippen LogP contribution in [0.25, 0.3) is 0 Å². The number of ether oxygens (including phenoxy) is 1. The molecule has 0 aliphatic carbocycles. The number of amides is 2. The van der Waals surface area contributed by atoms with Gasteiger partial charge in [0.2, 0.25) is 0 Å². The number of nitrogens with zero attached hydrogens (tertiary/aromatic N) is 1. The molecular weight excluding hydrogens is 327 g/mol. The average molecular weight is 345 g/mol. The predicted molar refractivity (Wildman–Crippen MR) is 86.4 cm³/mol. The highest BCUT2D eigenvalue weighted by Crippen LogP contribution is 2.24. The van der Waals surface area contributed by atoms with Crippen molar-refractivity contribution in [1.29, 1.82) is 0 Å². The predicted octanol–water partition coefficient (Wildman–Crippen LogP) is 3.80. The summed E-state index contributed by atoms with van der Waals surface area (Å²) in [6.45, 7) is 3.09. The lowest BCUT2D eigenvalue weighted by molar-refractivity contribution is -0.149. The zero-order valence-corrected chi connectivity index (χ0v) is 13.8. The molecule has 0 bridgehead atoms. The molecule has 7 heteroatoms. The molecule has 1 aliphatic rings. The van der Waals surface area contributed by atoms with Gasteiger partial charge in [0.05, 0.1) is 12.5 Å². The second-order valence-corrected chi connectivity index (χ2v) is 6.00. The quantitative estimate of drug-likeness (QED) is 0.848. The van der Waals surface area contributed by atoms with E-state index in [0.29, 0.717) is 35.4 Å². The van der Waals surface area contributed by atoms with Crippen molar-refractivity contribution in [1.82, 2.24) is 4.90 Å². The molecule has 0 unspecified atom stereocenters. The van der Waals surface area contributed by atoms with Gasteiger partial charge in [0, 0.05) is 28.8 Å². The standard InChI is InChI=1S/C15H18Cl2N2O3/c1-2-22-14(20)10-4-3-5-19(9-10)15(21)18-13-7-11(16)6-12(17)8-13/h6-8,10H,2-5,9H2,1H3,(H,18,21)/t10-/m0/s1. The maximum absolute atomic E-state index is 12.3. The molecule has 0 aromatic heterocycles. The molecule has 1 aromatic rings. The van der Waals surface area contributed by atoms with Gasteiger partial charge < -0.3 is 15.0 Å². The van der Waals surface area contributed by atoms with Crippen LogP contribution in [0.2, 0.25) is 10.0 Å². The topological polar surface area (TPSA) is 58.6 Å². The Kier molecular flexibility index (Phi) is 5.91. The third-order valence-corrected chi connectivity index (χ3v) is 3.88. The Morgan fingerprint density at radius 2 is 2.00 bits per heavy atom. The van der Waals surface area contributed by atoms with Crippen molar-refractivity contribution in [2.75, 3.05) is 25.0 Å². The number of piperidine rings is 1. The van der Waals surface area contributed by atoms with E-state index >= 15 is 0 Å². The number of likely N-dealkylation sites (tertiary alicyclic amines) is 1. The molecule has 1 saturated heterocycles. The highest BCUT2D eigenvalue weighted by Gasteiger charge is 2.29. The average Bonchev–Trinajstić information content (AvgIpc) is 2.46. The number of esters is 1. The third kappa shape index (κ3) is 4.52. The first-order valence-electron chi connectivity index (χ1n) is 7.18. The van der Waals surface area contributed by atoms with Crippen LogP contribution in [0.4, 0.5) is 10.5 Å². The van der Waals surface area contributed by atoms with Crippen LogP contribution in [0.3, 0.4) is 0 Å². The van der Waals surface area contributed by atoms with Crippen LogP contribution in [0.1, 0.15) is 19.8 Å². The summed E-state index contributed by atoms with van der Waals surface area (Å²) in [6, 6.07) is 4.57. The molecule has 2 rings (SSSR count). The number of hydrogen-bond acceptors (Lipinski definition) is 3. The van der Waals surface area contributed by atoms with Gasteiger partial charge in [-0.15, -0.1) is 0 Å². The first-order valence-corrected chi connectivity index (χ1v) is 7.94. The normalized spacial score (nSPS) is 18.0. The Labute approximate surface area is 139 Å². The molecule has 0 saturated carbocycles. The molecule has 1 aliphatic heterocycles. The number of rotatable bonds is 3. The lowest BCUT2D eigenvalue weighted by Gasteiger charge is -2.31. The molecule has 0 radical (unpaired) electrons. The first-order chi connectivity index (χ1) is 10.5. The summed E-state index contributed by atoms with van der Waals surface area (Å²) >= 11 is 11.8. The smallest absolute Gasteiger partial charge is 0.321 e. The van der Waals surface area contributed by atoms with E-state index in [9.17, 15) is 9.59 Å². The van der Waals surface area contributed by atoms with Gasteiger partial charge in [0.25, 0.3) is 0 Å². The zero-order chi connectivity index (χ0) is 16.1. The number of carbonyl (C=O) groups is 2. The molecule has 1 fully saturated rings. The molecule has 5 nitrogen and oxygen atoms in total. The Morgan fingerprint density at radius 3 is 2.64 bits per heavy atom. The molecule has 22 heavy (non-hydrogen) atoms. The highest BCUT2D eigenvalue weighted by atomic mass is 35.5. The summed E-state index contributed by atoms with van der Waals surface area (Å²) in [7, 11) is 0. The molecule has 120 valence electrons. The van der Waals surface area contributed by atoms with Crippen molar-refractivity contribution in [3.05, 3.63) is 28.2 Å². The van der Waals surface area contributed by atoms with Crippen LogP contribution in [0.15, 0.2) is 18.2 Å². The largest absolute Gasteiger partial charge is 0.466 e. The lowest BCUT2D eigenvalue weighted by atomic mass is 9.98. The fourth-order valence-electron chi connectivity index (χ4n) is 2.44. The summed E-state index contributed by atoms with van der Waals surface area (Å²) in [5, 5.41) is 3.65. The number of anilines is 1. The van der Waals surface area contributed by atoms with Gasteiger partial charge in [-0.3, -0.25) is 4.79 Å². The van der Waals surface area contributed by atoms with Crippen LogP contribution >= 0.6 is 23.2 Å². The minimum atomic E-state index is -0.271. The van der Waals surface area contributed by atoms with Gasteiger partial charge in [-0.05, 0) is 38.0 Å². The first kappa shape index (κ1) is 16.9. The number of carbonyl (C=O) groups excluding carboxylic acids is 2. The summed E-state index contributed by atoms with van der Waals surface area (Å²) < 4.78 is 5.03. The van der Waals surface area contributed by atoms with E-state index in [2.05, 4.69) is 5.32 Å². The van der Waals surface area contributed by atoms with Crippen LogP contribution in [-0.2, 0) is 9.53 Å².